The Morgan fingerprint density at radius 2 is 2.25 bits per heavy atom. The second-order valence-electron chi connectivity index (χ2n) is 2.87. The van der Waals surface area contributed by atoms with Gasteiger partial charge in [0.1, 0.15) is 5.03 Å². The van der Waals surface area contributed by atoms with E-state index in [1.807, 2.05) is 5.38 Å². The molecule has 1 amide bonds. The predicted octanol–water partition coefficient (Wildman–Crippen LogP) is 1.37. The molecule has 7 heteroatoms. The fourth-order valence-electron chi connectivity index (χ4n) is 1.07. The van der Waals surface area contributed by atoms with E-state index in [-0.39, 0.29) is 11.3 Å². The second-order valence-corrected chi connectivity index (χ2v) is 5.04. The first kappa shape index (κ1) is 10.9. The van der Waals surface area contributed by atoms with E-state index in [9.17, 15) is 4.79 Å². The quantitative estimate of drug-likeness (QED) is 0.860. The van der Waals surface area contributed by atoms with Crippen LogP contribution in [0.25, 0.3) is 0 Å². The molecular formula is C9H8N4OS2. The minimum atomic E-state index is -0.555. The van der Waals surface area contributed by atoms with Gasteiger partial charge in [0, 0.05) is 11.6 Å². The molecule has 82 valence electrons. The summed E-state index contributed by atoms with van der Waals surface area (Å²) >= 11 is 2.87. The third-order valence-corrected chi connectivity index (χ3v) is 3.59. The number of carbonyl (C=O) groups is 1. The average Bonchev–Trinajstić information content (AvgIpc) is 2.73. The van der Waals surface area contributed by atoms with Gasteiger partial charge in [0.25, 0.3) is 5.91 Å². The molecule has 0 saturated carbocycles. The Morgan fingerprint density at radius 3 is 2.88 bits per heavy atom. The predicted molar refractivity (Wildman–Crippen MR) is 63.4 cm³/mol. The molecule has 0 atom stereocenters. The molecule has 2 heterocycles. The van der Waals surface area contributed by atoms with Crippen molar-refractivity contribution in [1.82, 2.24) is 9.97 Å². The molecule has 0 aliphatic heterocycles. The summed E-state index contributed by atoms with van der Waals surface area (Å²) in [5.41, 5.74) is 11.3. The van der Waals surface area contributed by atoms with Crippen LogP contribution < -0.4 is 11.5 Å². The largest absolute Gasteiger partial charge is 0.397 e. The van der Waals surface area contributed by atoms with Crippen molar-refractivity contribution in [1.29, 1.82) is 0 Å². The van der Waals surface area contributed by atoms with Gasteiger partial charge in [-0.25, -0.2) is 9.97 Å². The summed E-state index contributed by atoms with van der Waals surface area (Å²) in [4.78, 5) is 19.3. The number of primary amides is 1. The van der Waals surface area contributed by atoms with Crippen LogP contribution >= 0.6 is 23.1 Å². The van der Waals surface area contributed by atoms with Crippen molar-refractivity contribution >= 4 is 34.7 Å². The smallest absolute Gasteiger partial charge is 0.250 e. The van der Waals surface area contributed by atoms with Gasteiger partial charge in [-0.2, -0.15) is 0 Å². The van der Waals surface area contributed by atoms with E-state index >= 15 is 0 Å². The number of aromatic nitrogens is 2. The van der Waals surface area contributed by atoms with E-state index < -0.39 is 5.91 Å². The number of pyridine rings is 1. The van der Waals surface area contributed by atoms with Gasteiger partial charge >= 0.3 is 0 Å². The van der Waals surface area contributed by atoms with Crippen LogP contribution in [0.1, 0.15) is 10.4 Å². The zero-order valence-electron chi connectivity index (χ0n) is 8.08. The van der Waals surface area contributed by atoms with Gasteiger partial charge in [-0.1, -0.05) is 0 Å². The molecule has 4 N–H and O–H groups in total. The molecule has 2 aromatic heterocycles. The summed E-state index contributed by atoms with van der Waals surface area (Å²) in [6, 6.07) is 1.57. The Kier molecular flexibility index (Phi) is 3.07. The summed E-state index contributed by atoms with van der Waals surface area (Å²) < 4.78 is 0.854. The van der Waals surface area contributed by atoms with Crippen molar-refractivity contribution in [3.8, 4) is 0 Å². The highest BCUT2D eigenvalue weighted by atomic mass is 32.2. The van der Waals surface area contributed by atoms with E-state index in [0.29, 0.717) is 5.03 Å². The molecular weight excluding hydrogens is 244 g/mol. The van der Waals surface area contributed by atoms with Crippen LogP contribution in [0.15, 0.2) is 33.2 Å². The lowest BCUT2D eigenvalue weighted by Gasteiger charge is -2.02. The fourth-order valence-corrected chi connectivity index (χ4v) is 2.62. The van der Waals surface area contributed by atoms with Crippen LogP contribution in [-0.4, -0.2) is 15.9 Å². The lowest BCUT2D eigenvalue weighted by atomic mass is 10.2. The Bertz CT molecular complexity index is 512. The third kappa shape index (κ3) is 2.31. The number of nitrogens with zero attached hydrogens (tertiary/aromatic N) is 2. The van der Waals surface area contributed by atoms with Crippen molar-refractivity contribution in [2.75, 3.05) is 5.73 Å². The van der Waals surface area contributed by atoms with Crippen LogP contribution in [0.4, 0.5) is 5.69 Å². The van der Waals surface area contributed by atoms with Gasteiger partial charge in [-0.05, 0) is 17.8 Å². The van der Waals surface area contributed by atoms with Crippen molar-refractivity contribution < 1.29 is 4.79 Å². The zero-order valence-corrected chi connectivity index (χ0v) is 9.72. The molecule has 0 aliphatic rings. The minimum absolute atomic E-state index is 0.286. The summed E-state index contributed by atoms with van der Waals surface area (Å²) in [5.74, 6) is -0.555. The molecule has 0 spiro atoms. The molecule has 0 saturated heterocycles. The van der Waals surface area contributed by atoms with Crippen LogP contribution in [0, 0.1) is 0 Å². The molecule has 2 aromatic rings. The van der Waals surface area contributed by atoms with Gasteiger partial charge in [-0.3, -0.25) is 4.79 Å². The molecule has 2 rings (SSSR count). The fraction of sp³-hybridized carbons (Fsp3) is 0. The first-order chi connectivity index (χ1) is 7.66. The maximum Gasteiger partial charge on any atom is 0.250 e. The number of hydrogen-bond acceptors (Lipinski definition) is 6. The van der Waals surface area contributed by atoms with Crippen molar-refractivity contribution in [2.24, 2.45) is 5.73 Å². The number of hydrogen-bond donors (Lipinski definition) is 2. The molecule has 0 radical (unpaired) electrons. The highest BCUT2D eigenvalue weighted by Gasteiger charge is 2.09. The Balaban J connectivity index is 2.29. The standard InChI is InChI=1S/C9H8N4OS2/c10-6-4-13-7(3-5(6)8(11)14)16-9-12-1-2-15-9/h1-4H,10H2,(H2,11,14). The lowest BCUT2D eigenvalue weighted by Crippen LogP contribution is -2.13. The summed E-state index contributed by atoms with van der Waals surface area (Å²) in [5, 5.41) is 2.52. The summed E-state index contributed by atoms with van der Waals surface area (Å²) in [7, 11) is 0. The number of nitrogen functional groups attached to an aromatic ring is 1. The molecule has 0 aromatic carbocycles. The number of carbonyl (C=O) groups excluding carboxylic acids is 1. The Morgan fingerprint density at radius 1 is 1.44 bits per heavy atom. The van der Waals surface area contributed by atoms with E-state index in [0.717, 1.165) is 4.34 Å². The van der Waals surface area contributed by atoms with Gasteiger partial charge in [0.05, 0.1) is 17.4 Å². The molecule has 0 unspecified atom stereocenters. The first-order valence-corrected chi connectivity index (χ1v) is 5.99. The number of nitrogens with two attached hydrogens (primary N) is 2. The number of rotatable bonds is 3. The maximum absolute atomic E-state index is 11.1. The summed E-state index contributed by atoms with van der Waals surface area (Å²) in [6.45, 7) is 0. The number of anilines is 1. The SMILES string of the molecule is NC(=O)c1cc(Sc2nccs2)ncc1N. The Hall–Kier alpha value is -1.60. The second kappa shape index (κ2) is 4.50. The highest BCUT2D eigenvalue weighted by Crippen LogP contribution is 2.28. The zero-order chi connectivity index (χ0) is 11.5. The molecule has 16 heavy (non-hydrogen) atoms. The first-order valence-electron chi connectivity index (χ1n) is 4.29. The van der Waals surface area contributed by atoms with Crippen LogP contribution in [0.3, 0.4) is 0 Å². The third-order valence-electron chi connectivity index (χ3n) is 1.78. The van der Waals surface area contributed by atoms with Crippen LogP contribution in [-0.2, 0) is 0 Å². The highest BCUT2D eigenvalue weighted by molar-refractivity contribution is 8.00. The average molecular weight is 252 g/mol. The molecule has 0 aliphatic carbocycles. The summed E-state index contributed by atoms with van der Waals surface area (Å²) in [6.07, 6.45) is 3.13. The maximum atomic E-state index is 11.1. The number of amides is 1. The number of thiazole rings is 1. The van der Waals surface area contributed by atoms with E-state index in [2.05, 4.69) is 9.97 Å². The van der Waals surface area contributed by atoms with Crippen LogP contribution in [0.2, 0.25) is 0 Å². The van der Waals surface area contributed by atoms with Gasteiger partial charge in [-0.15, -0.1) is 11.3 Å². The molecule has 5 nitrogen and oxygen atoms in total. The minimum Gasteiger partial charge on any atom is -0.397 e. The van der Waals surface area contributed by atoms with Gasteiger partial charge in [0.2, 0.25) is 0 Å². The normalized spacial score (nSPS) is 10.2. The van der Waals surface area contributed by atoms with Gasteiger partial charge < -0.3 is 11.5 Å². The van der Waals surface area contributed by atoms with E-state index in [4.69, 9.17) is 11.5 Å². The topological polar surface area (TPSA) is 94.9 Å². The molecule has 0 bridgehead atoms. The van der Waals surface area contributed by atoms with Crippen molar-refractivity contribution in [3.05, 3.63) is 29.4 Å². The van der Waals surface area contributed by atoms with E-state index in [1.165, 1.54) is 29.3 Å². The van der Waals surface area contributed by atoms with E-state index in [1.54, 1.807) is 12.3 Å². The van der Waals surface area contributed by atoms with Crippen molar-refractivity contribution in [3.63, 3.8) is 0 Å². The lowest BCUT2D eigenvalue weighted by molar-refractivity contribution is 0.100. The van der Waals surface area contributed by atoms with Gasteiger partial charge in [0.15, 0.2) is 4.34 Å². The van der Waals surface area contributed by atoms with Crippen molar-refractivity contribution in [2.45, 2.75) is 9.37 Å². The molecule has 0 fully saturated rings. The monoisotopic (exact) mass is 252 g/mol. The Labute approximate surface area is 99.9 Å². The van der Waals surface area contributed by atoms with Crippen LogP contribution in [0.5, 0.6) is 0 Å².